The van der Waals surface area contributed by atoms with Crippen LogP contribution < -0.4 is 0 Å². The molecule has 0 aromatic heterocycles. The maximum Gasteiger partial charge on any atom is 0.310 e. The molecule has 22 heavy (non-hydrogen) atoms. The summed E-state index contributed by atoms with van der Waals surface area (Å²) in [6.45, 7) is 0.873. The Hall–Kier alpha value is -2.35. The standard InChI is InChI=1S/C14H13F2NO5/c1-2-9(18)6(14(21)22)5-17-12(19)10-7(15)3-4-8(16)11(10)13(17)20/h3-4,6,9,18H,2,5H2,1H3,(H,21,22)/t6-,9-/m1/s1. The Labute approximate surface area is 124 Å². The number of aliphatic hydroxyl groups is 1. The van der Waals surface area contributed by atoms with E-state index in [9.17, 15) is 28.3 Å². The minimum Gasteiger partial charge on any atom is -0.481 e. The van der Waals surface area contributed by atoms with E-state index >= 15 is 0 Å². The number of aliphatic carboxylic acids is 1. The number of amides is 2. The van der Waals surface area contributed by atoms with Crippen molar-refractivity contribution in [2.24, 2.45) is 5.92 Å². The van der Waals surface area contributed by atoms with Crippen molar-refractivity contribution in [1.82, 2.24) is 4.90 Å². The van der Waals surface area contributed by atoms with Gasteiger partial charge in [0.1, 0.15) is 17.6 Å². The molecule has 1 aliphatic heterocycles. The molecule has 0 aliphatic carbocycles. The Kier molecular flexibility index (Phi) is 4.23. The summed E-state index contributed by atoms with van der Waals surface area (Å²) in [5.41, 5.74) is -1.42. The number of benzene rings is 1. The minimum atomic E-state index is -1.43. The number of hydrogen-bond donors (Lipinski definition) is 2. The molecular formula is C14H13F2NO5. The van der Waals surface area contributed by atoms with Crippen LogP contribution in [0.4, 0.5) is 8.78 Å². The van der Waals surface area contributed by atoms with Crippen LogP contribution in [0.1, 0.15) is 34.1 Å². The molecule has 0 unspecified atom stereocenters. The molecule has 2 rings (SSSR count). The predicted molar refractivity (Wildman–Crippen MR) is 69.1 cm³/mol. The van der Waals surface area contributed by atoms with Gasteiger partial charge in [-0.15, -0.1) is 0 Å². The fraction of sp³-hybridized carbons (Fsp3) is 0.357. The maximum atomic E-state index is 13.7. The molecule has 2 N–H and O–H groups in total. The first-order valence-corrected chi connectivity index (χ1v) is 6.54. The van der Waals surface area contributed by atoms with E-state index < -0.39 is 59.1 Å². The number of carboxylic acid groups (broad SMARTS) is 1. The molecule has 8 heteroatoms. The lowest BCUT2D eigenvalue weighted by molar-refractivity contribution is -0.146. The Bertz CT molecular complexity index is 620. The van der Waals surface area contributed by atoms with Crippen LogP contribution >= 0.6 is 0 Å². The van der Waals surface area contributed by atoms with Gasteiger partial charge in [-0.2, -0.15) is 0 Å². The number of hydrogen-bond acceptors (Lipinski definition) is 4. The lowest BCUT2D eigenvalue weighted by Crippen LogP contribution is -2.42. The summed E-state index contributed by atoms with van der Waals surface area (Å²) in [6, 6.07) is 1.44. The van der Waals surface area contributed by atoms with Gasteiger partial charge in [-0.1, -0.05) is 6.92 Å². The third-order valence-corrected chi connectivity index (χ3v) is 3.60. The first-order chi connectivity index (χ1) is 10.3. The van der Waals surface area contributed by atoms with Crippen LogP contribution in [-0.2, 0) is 4.79 Å². The fourth-order valence-corrected chi connectivity index (χ4v) is 2.34. The number of carboxylic acids is 1. The second kappa shape index (κ2) is 5.80. The molecule has 0 bridgehead atoms. The molecule has 2 atom stereocenters. The number of fused-ring (bicyclic) bond motifs is 1. The zero-order valence-corrected chi connectivity index (χ0v) is 11.5. The molecule has 0 radical (unpaired) electrons. The predicted octanol–water partition coefficient (Wildman–Crippen LogP) is 1.03. The highest BCUT2D eigenvalue weighted by molar-refractivity contribution is 6.21. The molecule has 0 saturated heterocycles. The van der Waals surface area contributed by atoms with Gasteiger partial charge in [-0.05, 0) is 18.6 Å². The Morgan fingerprint density at radius 1 is 1.18 bits per heavy atom. The lowest BCUT2D eigenvalue weighted by Gasteiger charge is -2.22. The number of aliphatic hydroxyl groups excluding tert-OH is 1. The molecular weight excluding hydrogens is 300 g/mol. The van der Waals surface area contributed by atoms with Gasteiger partial charge in [0, 0.05) is 6.54 Å². The van der Waals surface area contributed by atoms with Crippen molar-refractivity contribution < 1.29 is 33.4 Å². The Morgan fingerprint density at radius 2 is 1.64 bits per heavy atom. The Morgan fingerprint density at radius 3 is 2.00 bits per heavy atom. The van der Waals surface area contributed by atoms with Gasteiger partial charge in [0.05, 0.1) is 17.2 Å². The van der Waals surface area contributed by atoms with Crippen LogP contribution in [0.25, 0.3) is 0 Å². The largest absolute Gasteiger partial charge is 0.481 e. The van der Waals surface area contributed by atoms with E-state index in [4.69, 9.17) is 5.11 Å². The van der Waals surface area contributed by atoms with Crippen LogP contribution in [0.15, 0.2) is 12.1 Å². The van der Waals surface area contributed by atoms with Crippen molar-refractivity contribution in [3.8, 4) is 0 Å². The van der Waals surface area contributed by atoms with Crippen molar-refractivity contribution in [3.05, 3.63) is 34.9 Å². The Balaban J connectivity index is 2.38. The zero-order chi connectivity index (χ0) is 16.6. The number of imide groups is 1. The van der Waals surface area contributed by atoms with Gasteiger partial charge in [0.25, 0.3) is 11.8 Å². The van der Waals surface area contributed by atoms with Crippen molar-refractivity contribution in [1.29, 1.82) is 0 Å². The van der Waals surface area contributed by atoms with Crippen molar-refractivity contribution in [2.45, 2.75) is 19.4 Å². The number of carbonyl (C=O) groups is 3. The molecule has 1 aliphatic rings. The second-order valence-electron chi connectivity index (χ2n) is 4.92. The van der Waals surface area contributed by atoms with Crippen LogP contribution in [-0.4, -0.2) is 45.5 Å². The third kappa shape index (κ3) is 2.45. The van der Waals surface area contributed by atoms with Crippen molar-refractivity contribution >= 4 is 17.8 Å². The average Bonchev–Trinajstić information content (AvgIpc) is 2.72. The second-order valence-corrected chi connectivity index (χ2v) is 4.92. The number of nitrogens with zero attached hydrogens (tertiary/aromatic N) is 1. The highest BCUT2D eigenvalue weighted by Crippen LogP contribution is 2.28. The molecule has 118 valence electrons. The van der Waals surface area contributed by atoms with Crippen LogP contribution in [0.5, 0.6) is 0 Å². The number of carbonyl (C=O) groups excluding carboxylic acids is 2. The fourth-order valence-electron chi connectivity index (χ4n) is 2.34. The van der Waals surface area contributed by atoms with E-state index in [1.807, 2.05) is 0 Å². The highest BCUT2D eigenvalue weighted by Gasteiger charge is 2.43. The quantitative estimate of drug-likeness (QED) is 0.792. The first kappa shape index (κ1) is 16.0. The molecule has 2 amide bonds. The zero-order valence-electron chi connectivity index (χ0n) is 11.5. The van der Waals surface area contributed by atoms with Crippen LogP contribution in [0.3, 0.4) is 0 Å². The average molecular weight is 313 g/mol. The molecule has 1 aromatic carbocycles. The van der Waals surface area contributed by atoms with E-state index in [0.29, 0.717) is 4.90 Å². The summed E-state index contributed by atoms with van der Waals surface area (Å²) >= 11 is 0. The molecule has 0 spiro atoms. The summed E-state index contributed by atoms with van der Waals surface area (Å²) in [6.07, 6.45) is -1.21. The van der Waals surface area contributed by atoms with E-state index in [1.165, 1.54) is 6.92 Å². The van der Waals surface area contributed by atoms with Gasteiger partial charge in [0.2, 0.25) is 0 Å². The van der Waals surface area contributed by atoms with Crippen molar-refractivity contribution in [2.75, 3.05) is 6.54 Å². The summed E-state index contributed by atoms with van der Waals surface area (Å²) in [5, 5.41) is 18.7. The van der Waals surface area contributed by atoms with E-state index in [0.717, 1.165) is 12.1 Å². The molecule has 0 saturated carbocycles. The molecule has 1 aromatic rings. The van der Waals surface area contributed by atoms with Gasteiger partial charge < -0.3 is 10.2 Å². The summed E-state index contributed by atoms with van der Waals surface area (Å²) < 4.78 is 27.3. The highest BCUT2D eigenvalue weighted by atomic mass is 19.1. The molecule has 1 heterocycles. The lowest BCUT2D eigenvalue weighted by atomic mass is 10.00. The third-order valence-electron chi connectivity index (χ3n) is 3.60. The summed E-state index contributed by atoms with van der Waals surface area (Å²) in [4.78, 5) is 35.7. The van der Waals surface area contributed by atoms with Crippen LogP contribution in [0, 0.1) is 17.6 Å². The van der Waals surface area contributed by atoms with E-state index in [2.05, 4.69) is 0 Å². The van der Waals surface area contributed by atoms with Gasteiger partial charge in [0.15, 0.2) is 0 Å². The van der Waals surface area contributed by atoms with Gasteiger partial charge >= 0.3 is 5.97 Å². The summed E-state index contributed by atoms with van der Waals surface area (Å²) in [7, 11) is 0. The monoisotopic (exact) mass is 313 g/mol. The SMILES string of the molecule is CC[C@@H](O)[C@@H](CN1C(=O)c2c(F)ccc(F)c2C1=O)C(=O)O. The van der Waals surface area contributed by atoms with Crippen LogP contribution in [0.2, 0.25) is 0 Å². The normalized spacial score (nSPS) is 16.6. The summed E-state index contributed by atoms with van der Waals surface area (Å²) in [5.74, 6) is -7.16. The minimum absolute atomic E-state index is 0.0862. The van der Waals surface area contributed by atoms with E-state index in [-0.39, 0.29) is 6.42 Å². The van der Waals surface area contributed by atoms with Crippen molar-refractivity contribution in [3.63, 3.8) is 0 Å². The first-order valence-electron chi connectivity index (χ1n) is 6.54. The van der Waals surface area contributed by atoms with E-state index in [1.54, 1.807) is 0 Å². The maximum absolute atomic E-state index is 13.7. The molecule has 6 nitrogen and oxygen atoms in total. The number of rotatable bonds is 5. The topological polar surface area (TPSA) is 94.9 Å². The van der Waals surface area contributed by atoms with Gasteiger partial charge in [-0.3, -0.25) is 19.3 Å². The molecule has 0 fully saturated rings. The smallest absolute Gasteiger partial charge is 0.310 e. The number of halogens is 2. The van der Waals surface area contributed by atoms with Gasteiger partial charge in [-0.25, -0.2) is 8.78 Å².